The molecule has 78 valence electrons. The van der Waals surface area contributed by atoms with E-state index >= 15 is 0 Å². The largest absolute Gasteiger partial charge is 0.496 e. The number of amides is 1. The lowest BCUT2D eigenvalue weighted by atomic mass is 10.1. The maximum Gasteiger partial charge on any atom is 0.256 e. The van der Waals surface area contributed by atoms with Gasteiger partial charge in [0, 0.05) is 18.3 Å². The normalized spacial score (nSPS) is 14.1. The summed E-state index contributed by atoms with van der Waals surface area (Å²) < 4.78 is 5.23. The minimum absolute atomic E-state index is 0.0176. The SMILES string of the molecule is COc1cc(N2C=CC2=O)c(C)cc1C. The molecule has 0 radical (unpaired) electrons. The maximum absolute atomic E-state index is 11.3. The first-order chi connectivity index (χ1) is 7.13. The molecule has 1 aliphatic rings. The lowest BCUT2D eigenvalue weighted by Gasteiger charge is -2.25. The fraction of sp³-hybridized carbons (Fsp3) is 0.250. The van der Waals surface area contributed by atoms with E-state index in [0.29, 0.717) is 0 Å². The maximum atomic E-state index is 11.3. The topological polar surface area (TPSA) is 29.5 Å². The van der Waals surface area contributed by atoms with Crippen molar-refractivity contribution in [3.05, 3.63) is 35.5 Å². The van der Waals surface area contributed by atoms with Crippen LogP contribution in [0.2, 0.25) is 0 Å². The van der Waals surface area contributed by atoms with Crippen molar-refractivity contribution in [1.82, 2.24) is 0 Å². The van der Waals surface area contributed by atoms with E-state index in [2.05, 4.69) is 0 Å². The molecule has 2 rings (SSSR count). The Morgan fingerprint density at radius 1 is 1.20 bits per heavy atom. The molecule has 1 amide bonds. The van der Waals surface area contributed by atoms with Crippen LogP contribution in [0.15, 0.2) is 24.4 Å². The van der Waals surface area contributed by atoms with Crippen LogP contribution in [0.3, 0.4) is 0 Å². The predicted octanol–water partition coefficient (Wildman–Crippen LogP) is 2.17. The highest BCUT2D eigenvalue weighted by molar-refractivity contribution is 6.09. The van der Waals surface area contributed by atoms with Crippen LogP contribution in [0, 0.1) is 13.8 Å². The van der Waals surface area contributed by atoms with Gasteiger partial charge in [0.1, 0.15) is 5.75 Å². The highest BCUT2D eigenvalue weighted by Crippen LogP contribution is 2.31. The molecule has 0 unspecified atom stereocenters. The van der Waals surface area contributed by atoms with Gasteiger partial charge in [0.2, 0.25) is 0 Å². The molecule has 15 heavy (non-hydrogen) atoms. The Bertz CT molecular complexity index is 449. The Hall–Kier alpha value is -1.77. The van der Waals surface area contributed by atoms with Gasteiger partial charge in [-0.3, -0.25) is 9.69 Å². The summed E-state index contributed by atoms with van der Waals surface area (Å²) in [5.41, 5.74) is 3.05. The molecule has 0 aromatic heterocycles. The van der Waals surface area contributed by atoms with Crippen LogP contribution >= 0.6 is 0 Å². The number of carbonyl (C=O) groups is 1. The van der Waals surface area contributed by atoms with Crippen molar-refractivity contribution in [3.8, 4) is 5.75 Å². The second kappa shape index (κ2) is 3.42. The summed E-state index contributed by atoms with van der Waals surface area (Å²) in [5.74, 6) is 0.827. The zero-order valence-corrected chi connectivity index (χ0v) is 9.07. The Labute approximate surface area is 89.0 Å². The zero-order chi connectivity index (χ0) is 11.0. The highest BCUT2D eigenvalue weighted by Gasteiger charge is 2.20. The molecular formula is C12H13NO2. The Balaban J connectivity index is 2.47. The van der Waals surface area contributed by atoms with Crippen molar-refractivity contribution in [2.24, 2.45) is 0 Å². The minimum Gasteiger partial charge on any atom is -0.496 e. The molecule has 0 spiro atoms. The van der Waals surface area contributed by atoms with Crippen LogP contribution in [0.1, 0.15) is 11.1 Å². The summed E-state index contributed by atoms with van der Waals surface area (Å²) in [7, 11) is 1.63. The summed E-state index contributed by atoms with van der Waals surface area (Å²) in [5, 5.41) is 0. The summed E-state index contributed by atoms with van der Waals surface area (Å²) in [6.07, 6.45) is 3.31. The minimum atomic E-state index is 0.0176. The van der Waals surface area contributed by atoms with Gasteiger partial charge in [0.05, 0.1) is 12.8 Å². The van der Waals surface area contributed by atoms with Crippen molar-refractivity contribution in [2.45, 2.75) is 13.8 Å². The van der Waals surface area contributed by atoms with Gasteiger partial charge in [0.25, 0.3) is 5.91 Å². The lowest BCUT2D eigenvalue weighted by molar-refractivity contribution is -0.114. The quantitative estimate of drug-likeness (QED) is 0.737. The van der Waals surface area contributed by atoms with Gasteiger partial charge in [0.15, 0.2) is 0 Å². The molecule has 3 nitrogen and oxygen atoms in total. The van der Waals surface area contributed by atoms with Crippen LogP contribution in [0.25, 0.3) is 0 Å². The van der Waals surface area contributed by atoms with Gasteiger partial charge in [-0.1, -0.05) is 6.07 Å². The van der Waals surface area contributed by atoms with E-state index in [0.717, 1.165) is 22.6 Å². The number of nitrogens with zero attached hydrogens (tertiary/aromatic N) is 1. The van der Waals surface area contributed by atoms with Gasteiger partial charge in [-0.15, -0.1) is 0 Å². The van der Waals surface area contributed by atoms with E-state index in [4.69, 9.17) is 4.74 Å². The van der Waals surface area contributed by atoms with Crippen molar-refractivity contribution < 1.29 is 9.53 Å². The van der Waals surface area contributed by atoms with E-state index in [1.54, 1.807) is 24.3 Å². The molecular weight excluding hydrogens is 190 g/mol. The first-order valence-corrected chi connectivity index (χ1v) is 4.80. The second-order valence-electron chi connectivity index (χ2n) is 3.63. The number of aryl methyl sites for hydroxylation is 2. The van der Waals surface area contributed by atoms with E-state index in [-0.39, 0.29) is 5.91 Å². The van der Waals surface area contributed by atoms with Gasteiger partial charge >= 0.3 is 0 Å². The molecule has 3 heteroatoms. The second-order valence-corrected chi connectivity index (χ2v) is 3.63. The van der Waals surface area contributed by atoms with Gasteiger partial charge in [-0.05, 0) is 25.0 Å². The number of anilines is 1. The fourth-order valence-electron chi connectivity index (χ4n) is 1.71. The van der Waals surface area contributed by atoms with Crippen molar-refractivity contribution in [2.75, 3.05) is 12.0 Å². The molecule has 1 aromatic carbocycles. The molecule has 1 aliphatic heterocycles. The number of hydrogen-bond donors (Lipinski definition) is 0. The van der Waals surface area contributed by atoms with Crippen LogP contribution in [-0.4, -0.2) is 13.0 Å². The first kappa shape index (κ1) is 9.77. The molecule has 1 heterocycles. The standard InChI is InChI=1S/C12H13NO2/c1-8-6-9(2)11(15-3)7-10(8)13-5-4-12(13)14/h4-7H,1-3H3. The van der Waals surface area contributed by atoms with Gasteiger partial charge < -0.3 is 4.74 Å². The Kier molecular flexibility index (Phi) is 2.23. The van der Waals surface area contributed by atoms with E-state index < -0.39 is 0 Å². The molecule has 0 fully saturated rings. The Morgan fingerprint density at radius 2 is 1.93 bits per heavy atom. The summed E-state index contributed by atoms with van der Waals surface area (Å²) in [4.78, 5) is 12.9. The lowest BCUT2D eigenvalue weighted by Crippen LogP contribution is -2.31. The predicted molar refractivity (Wildman–Crippen MR) is 59.1 cm³/mol. The van der Waals surface area contributed by atoms with Crippen molar-refractivity contribution >= 4 is 11.6 Å². The molecule has 1 aromatic rings. The van der Waals surface area contributed by atoms with Gasteiger partial charge in [-0.2, -0.15) is 0 Å². The van der Waals surface area contributed by atoms with Crippen LogP contribution in [0.5, 0.6) is 5.75 Å². The number of hydrogen-bond acceptors (Lipinski definition) is 2. The summed E-state index contributed by atoms with van der Waals surface area (Å²) >= 11 is 0. The molecule has 0 saturated heterocycles. The van der Waals surface area contributed by atoms with E-state index in [1.807, 2.05) is 26.0 Å². The smallest absolute Gasteiger partial charge is 0.256 e. The third kappa shape index (κ3) is 1.50. The molecule has 0 N–H and O–H groups in total. The van der Waals surface area contributed by atoms with Crippen molar-refractivity contribution in [3.63, 3.8) is 0 Å². The Morgan fingerprint density at radius 3 is 2.40 bits per heavy atom. The number of benzene rings is 1. The average molecular weight is 203 g/mol. The molecule has 0 bridgehead atoms. The van der Waals surface area contributed by atoms with Crippen LogP contribution < -0.4 is 9.64 Å². The van der Waals surface area contributed by atoms with Crippen LogP contribution in [-0.2, 0) is 4.79 Å². The number of carbonyl (C=O) groups excluding carboxylic acids is 1. The van der Waals surface area contributed by atoms with Crippen LogP contribution in [0.4, 0.5) is 5.69 Å². The number of ether oxygens (including phenoxy) is 1. The molecule has 0 aliphatic carbocycles. The van der Waals surface area contributed by atoms with E-state index in [1.165, 1.54) is 0 Å². The average Bonchev–Trinajstić information content (AvgIpc) is 2.19. The first-order valence-electron chi connectivity index (χ1n) is 4.80. The molecule has 0 atom stereocenters. The van der Waals surface area contributed by atoms with Crippen molar-refractivity contribution in [1.29, 1.82) is 0 Å². The molecule has 0 saturated carbocycles. The number of rotatable bonds is 2. The third-order valence-electron chi connectivity index (χ3n) is 2.58. The van der Waals surface area contributed by atoms with E-state index in [9.17, 15) is 4.79 Å². The highest BCUT2D eigenvalue weighted by atomic mass is 16.5. The van der Waals surface area contributed by atoms with Gasteiger partial charge in [-0.25, -0.2) is 0 Å². The zero-order valence-electron chi connectivity index (χ0n) is 9.07. The number of methoxy groups -OCH3 is 1. The monoisotopic (exact) mass is 203 g/mol. The fourth-order valence-corrected chi connectivity index (χ4v) is 1.71. The summed E-state index contributed by atoms with van der Waals surface area (Å²) in [6.45, 7) is 3.98. The summed E-state index contributed by atoms with van der Waals surface area (Å²) in [6, 6.07) is 3.92. The third-order valence-corrected chi connectivity index (χ3v) is 2.58.